The Hall–Kier alpha value is -3.31. The third kappa shape index (κ3) is 6.36. The molecular weight excluding hydrogens is 448 g/mol. The molecular formula is C22H26N4O6S. The Bertz CT molecular complexity index is 1130. The van der Waals surface area contributed by atoms with E-state index in [0.717, 1.165) is 11.1 Å². The van der Waals surface area contributed by atoms with Gasteiger partial charge >= 0.3 is 12.0 Å². The smallest absolute Gasteiger partial charge is 0.325 e. The third-order valence-corrected chi connectivity index (χ3v) is 7.30. The number of anilines is 1. The van der Waals surface area contributed by atoms with Gasteiger partial charge in [0.25, 0.3) is 5.91 Å². The summed E-state index contributed by atoms with van der Waals surface area (Å²) in [4.78, 5) is 40.1. The number of benzene rings is 1. The molecule has 2 N–H and O–H groups in total. The van der Waals surface area contributed by atoms with Gasteiger partial charge in [-0.2, -0.15) is 4.31 Å². The first-order valence-corrected chi connectivity index (χ1v) is 11.9. The Morgan fingerprint density at radius 3 is 2.48 bits per heavy atom. The molecule has 1 saturated heterocycles. The van der Waals surface area contributed by atoms with E-state index in [-0.39, 0.29) is 30.8 Å². The van der Waals surface area contributed by atoms with Crippen molar-refractivity contribution < 1.29 is 27.5 Å². The van der Waals surface area contributed by atoms with E-state index in [1.165, 1.54) is 22.8 Å². The monoisotopic (exact) mass is 474 g/mol. The van der Waals surface area contributed by atoms with Gasteiger partial charge in [-0.1, -0.05) is 6.07 Å². The number of aromatic nitrogens is 1. The quantitative estimate of drug-likeness (QED) is 0.611. The van der Waals surface area contributed by atoms with Gasteiger partial charge in [-0.05, 0) is 62.1 Å². The summed E-state index contributed by atoms with van der Waals surface area (Å²) in [5.41, 5.74) is 2.60. The topological polar surface area (TPSA) is 135 Å². The molecule has 0 unspecified atom stereocenters. The van der Waals surface area contributed by atoms with Gasteiger partial charge in [0.15, 0.2) is 6.61 Å². The van der Waals surface area contributed by atoms with Crippen molar-refractivity contribution >= 4 is 33.6 Å². The summed E-state index contributed by atoms with van der Waals surface area (Å²) in [5.74, 6) is -1.89. The van der Waals surface area contributed by atoms with Gasteiger partial charge in [0, 0.05) is 31.2 Å². The van der Waals surface area contributed by atoms with Crippen molar-refractivity contribution in [2.45, 2.75) is 31.6 Å². The second-order valence-corrected chi connectivity index (χ2v) is 9.71. The summed E-state index contributed by atoms with van der Waals surface area (Å²) in [6.45, 7) is 3.55. The van der Waals surface area contributed by atoms with E-state index >= 15 is 0 Å². The molecule has 10 nitrogen and oxygen atoms in total. The standard InChI is InChI=1S/C22H26N4O6S/c1-15-5-6-18(12-16(15)2)24-22(29)25-20(27)14-32-21(28)17-7-10-26(11-8-17)33(30,31)19-4-3-9-23-13-19/h3-6,9,12-13,17H,7-8,10-11,14H2,1-2H3,(H2,24,25,27,29). The molecule has 1 aliphatic rings. The number of imide groups is 1. The van der Waals surface area contributed by atoms with Crippen LogP contribution in [0.1, 0.15) is 24.0 Å². The maximum atomic E-state index is 12.6. The van der Waals surface area contributed by atoms with Crippen LogP contribution < -0.4 is 10.6 Å². The molecule has 0 bridgehead atoms. The van der Waals surface area contributed by atoms with Crippen molar-refractivity contribution in [1.29, 1.82) is 0 Å². The van der Waals surface area contributed by atoms with Crippen LogP contribution in [-0.2, 0) is 24.3 Å². The Morgan fingerprint density at radius 2 is 1.85 bits per heavy atom. The molecule has 1 aliphatic heterocycles. The zero-order valence-corrected chi connectivity index (χ0v) is 19.2. The SMILES string of the molecule is Cc1ccc(NC(=O)NC(=O)COC(=O)C2CCN(S(=O)(=O)c3cccnc3)CC2)cc1C. The minimum atomic E-state index is -3.67. The highest BCUT2D eigenvalue weighted by Gasteiger charge is 2.33. The second kappa shape index (κ2) is 10.5. The zero-order valence-electron chi connectivity index (χ0n) is 18.4. The fourth-order valence-corrected chi connectivity index (χ4v) is 4.81. The summed E-state index contributed by atoms with van der Waals surface area (Å²) in [6, 6.07) is 7.63. The van der Waals surface area contributed by atoms with E-state index in [0.29, 0.717) is 5.69 Å². The van der Waals surface area contributed by atoms with Crippen LogP contribution in [0.2, 0.25) is 0 Å². The van der Waals surface area contributed by atoms with E-state index < -0.39 is 40.5 Å². The molecule has 1 aromatic heterocycles. The Labute approximate surface area is 192 Å². The van der Waals surface area contributed by atoms with Crippen LogP contribution in [0.4, 0.5) is 10.5 Å². The van der Waals surface area contributed by atoms with E-state index in [9.17, 15) is 22.8 Å². The minimum absolute atomic E-state index is 0.0989. The van der Waals surface area contributed by atoms with Crippen LogP contribution in [0.15, 0.2) is 47.6 Å². The predicted octanol–water partition coefficient (Wildman–Crippen LogP) is 1.99. The fourth-order valence-electron chi connectivity index (χ4n) is 3.38. The van der Waals surface area contributed by atoms with Crippen LogP contribution in [0.5, 0.6) is 0 Å². The van der Waals surface area contributed by atoms with Crippen LogP contribution >= 0.6 is 0 Å². The van der Waals surface area contributed by atoms with E-state index in [2.05, 4.69) is 15.6 Å². The van der Waals surface area contributed by atoms with Gasteiger partial charge in [0.05, 0.1) is 5.92 Å². The highest BCUT2D eigenvalue weighted by Crippen LogP contribution is 2.24. The number of hydrogen-bond acceptors (Lipinski definition) is 7. The van der Waals surface area contributed by atoms with E-state index in [1.54, 1.807) is 18.2 Å². The molecule has 1 aromatic carbocycles. The largest absolute Gasteiger partial charge is 0.455 e. The molecule has 176 valence electrons. The molecule has 0 saturated carbocycles. The maximum Gasteiger partial charge on any atom is 0.325 e. The lowest BCUT2D eigenvalue weighted by Crippen LogP contribution is -2.41. The van der Waals surface area contributed by atoms with Crippen molar-refractivity contribution in [3.05, 3.63) is 53.9 Å². The summed E-state index contributed by atoms with van der Waals surface area (Å²) in [5, 5.41) is 4.65. The molecule has 33 heavy (non-hydrogen) atoms. The Kier molecular flexibility index (Phi) is 7.77. The third-order valence-electron chi connectivity index (χ3n) is 5.42. The summed E-state index contributed by atoms with van der Waals surface area (Å²) >= 11 is 0. The van der Waals surface area contributed by atoms with E-state index in [1.807, 2.05) is 19.9 Å². The first-order chi connectivity index (χ1) is 15.7. The summed E-state index contributed by atoms with van der Waals surface area (Å²) in [7, 11) is -3.67. The van der Waals surface area contributed by atoms with Gasteiger partial charge < -0.3 is 10.1 Å². The highest BCUT2D eigenvalue weighted by atomic mass is 32.2. The van der Waals surface area contributed by atoms with Crippen molar-refractivity contribution in [2.75, 3.05) is 25.0 Å². The van der Waals surface area contributed by atoms with Crippen molar-refractivity contribution in [3.8, 4) is 0 Å². The number of nitrogens with one attached hydrogen (secondary N) is 2. The predicted molar refractivity (Wildman–Crippen MR) is 120 cm³/mol. The molecule has 0 spiro atoms. The molecule has 2 aromatic rings. The first-order valence-electron chi connectivity index (χ1n) is 10.4. The normalized spacial score (nSPS) is 15.0. The number of urea groups is 1. The van der Waals surface area contributed by atoms with Crippen molar-refractivity contribution in [1.82, 2.24) is 14.6 Å². The van der Waals surface area contributed by atoms with Crippen molar-refractivity contribution in [2.24, 2.45) is 5.92 Å². The maximum absolute atomic E-state index is 12.6. The molecule has 1 fully saturated rings. The lowest BCUT2D eigenvalue weighted by molar-refractivity contribution is -0.153. The second-order valence-electron chi connectivity index (χ2n) is 7.78. The molecule has 0 aliphatic carbocycles. The highest BCUT2D eigenvalue weighted by molar-refractivity contribution is 7.89. The Morgan fingerprint density at radius 1 is 1.12 bits per heavy atom. The summed E-state index contributed by atoms with van der Waals surface area (Å²) < 4.78 is 31.6. The number of nitrogens with zero attached hydrogens (tertiary/aromatic N) is 2. The molecule has 3 rings (SSSR count). The number of rotatable bonds is 6. The van der Waals surface area contributed by atoms with Crippen molar-refractivity contribution in [3.63, 3.8) is 0 Å². The molecule has 0 atom stereocenters. The number of piperidine rings is 1. The zero-order chi connectivity index (χ0) is 24.0. The lowest BCUT2D eigenvalue weighted by Gasteiger charge is -2.29. The molecule has 2 heterocycles. The number of ether oxygens (including phenoxy) is 1. The number of carbonyl (C=O) groups is 3. The average Bonchev–Trinajstić information content (AvgIpc) is 2.80. The van der Waals surface area contributed by atoms with Gasteiger partial charge in [-0.15, -0.1) is 0 Å². The number of carbonyl (C=O) groups excluding carboxylic acids is 3. The van der Waals surface area contributed by atoms with Gasteiger partial charge in [-0.25, -0.2) is 13.2 Å². The van der Waals surface area contributed by atoms with Crippen LogP contribution in [0, 0.1) is 19.8 Å². The van der Waals surface area contributed by atoms with Crippen LogP contribution in [0.25, 0.3) is 0 Å². The van der Waals surface area contributed by atoms with Crippen LogP contribution in [-0.4, -0.2) is 55.3 Å². The molecule has 3 amide bonds. The lowest BCUT2D eigenvalue weighted by atomic mass is 9.98. The van der Waals surface area contributed by atoms with Gasteiger partial charge in [0.2, 0.25) is 10.0 Å². The average molecular weight is 475 g/mol. The van der Waals surface area contributed by atoms with Gasteiger partial charge in [-0.3, -0.25) is 19.9 Å². The summed E-state index contributed by atoms with van der Waals surface area (Å²) in [6.07, 6.45) is 3.31. The number of esters is 1. The molecule has 0 radical (unpaired) electrons. The number of hydrogen-bond donors (Lipinski definition) is 2. The van der Waals surface area contributed by atoms with Crippen LogP contribution in [0.3, 0.4) is 0 Å². The number of sulfonamides is 1. The van der Waals surface area contributed by atoms with E-state index in [4.69, 9.17) is 4.74 Å². The first kappa shape index (κ1) is 24.3. The molecule has 11 heteroatoms. The number of pyridine rings is 1. The number of amides is 3. The van der Waals surface area contributed by atoms with Gasteiger partial charge in [0.1, 0.15) is 4.90 Å². The minimum Gasteiger partial charge on any atom is -0.455 e. The number of aryl methyl sites for hydroxylation is 2. The fraction of sp³-hybridized carbons (Fsp3) is 0.364. The Balaban J connectivity index is 1.42.